The standard InChI is InChI=1S/C17H24O2/c1-10(18)19-17(11-5-3-2-4-6-11)16-14-12-7-8-13(9-12)15(14)16/h12-16H,2-9H2,1H3/t12-,13+,14+,15-,16?. The van der Waals surface area contributed by atoms with Gasteiger partial charge in [0.1, 0.15) is 5.76 Å². The lowest BCUT2D eigenvalue weighted by atomic mass is 9.90. The number of carbonyl (C=O) groups is 1. The van der Waals surface area contributed by atoms with Gasteiger partial charge in [-0.1, -0.05) is 6.42 Å². The molecule has 5 atom stereocenters. The normalized spacial score (nSPS) is 43.0. The number of esters is 1. The second kappa shape index (κ2) is 4.36. The monoisotopic (exact) mass is 260 g/mol. The fourth-order valence-corrected chi connectivity index (χ4v) is 5.43. The van der Waals surface area contributed by atoms with Crippen molar-refractivity contribution in [2.75, 3.05) is 0 Å². The maximum Gasteiger partial charge on any atom is 0.307 e. The lowest BCUT2D eigenvalue weighted by Gasteiger charge is -2.20. The summed E-state index contributed by atoms with van der Waals surface area (Å²) in [5.74, 6) is 5.32. The highest BCUT2D eigenvalue weighted by Crippen LogP contribution is 2.71. The SMILES string of the molecule is CC(=O)OC(=C1CCCCC1)C1[C@@H]2[C@H]3CC[C@H](C3)[C@H]12. The van der Waals surface area contributed by atoms with E-state index in [4.69, 9.17) is 4.74 Å². The largest absolute Gasteiger partial charge is 0.431 e. The molecule has 0 radical (unpaired) electrons. The zero-order valence-electron chi connectivity index (χ0n) is 11.9. The van der Waals surface area contributed by atoms with Crippen molar-refractivity contribution in [2.24, 2.45) is 29.6 Å². The smallest absolute Gasteiger partial charge is 0.307 e. The molecule has 0 amide bonds. The van der Waals surface area contributed by atoms with Crippen LogP contribution < -0.4 is 0 Å². The maximum absolute atomic E-state index is 11.5. The Bertz CT molecular complexity index is 413. The van der Waals surface area contributed by atoms with Gasteiger partial charge in [-0.05, 0) is 74.2 Å². The average Bonchev–Trinajstić information content (AvgIpc) is 2.83. The zero-order chi connectivity index (χ0) is 13.0. The Balaban J connectivity index is 1.60. The van der Waals surface area contributed by atoms with E-state index >= 15 is 0 Å². The van der Waals surface area contributed by atoms with Crippen LogP contribution in [0.15, 0.2) is 11.3 Å². The van der Waals surface area contributed by atoms with Crippen LogP contribution in [0.4, 0.5) is 0 Å². The van der Waals surface area contributed by atoms with Crippen LogP contribution in [0.2, 0.25) is 0 Å². The van der Waals surface area contributed by atoms with Crippen molar-refractivity contribution in [1.82, 2.24) is 0 Å². The summed E-state index contributed by atoms with van der Waals surface area (Å²) in [7, 11) is 0. The van der Waals surface area contributed by atoms with Crippen molar-refractivity contribution in [3.63, 3.8) is 0 Å². The molecule has 2 heteroatoms. The summed E-state index contributed by atoms with van der Waals surface area (Å²) in [6, 6.07) is 0. The first-order valence-electron chi connectivity index (χ1n) is 8.16. The van der Waals surface area contributed by atoms with Gasteiger partial charge in [0.25, 0.3) is 0 Å². The van der Waals surface area contributed by atoms with Gasteiger partial charge in [0.15, 0.2) is 0 Å². The van der Waals surface area contributed by atoms with E-state index in [-0.39, 0.29) is 5.97 Å². The molecule has 0 aliphatic heterocycles. The molecule has 4 aliphatic rings. The molecule has 0 heterocycles. The molecule has 2 bridgehead atoms. The van der Waals surface area contributed by atoms with E-state index in [0.717, 1.165) is 29.4 Å². The Morgan fingerprint density at radius 1 is 1.05 bits per heavy atom. The molecule has 0 aromatic rings. The van der Waals surface area contributed by atoms with Crippen LogP contribution in [-0.4, -0.2) is 5.97 Å². The van der Waals surface area contributed by atoms with Crippen LogP contribution in [0.5, 0.6) is 0 Å². The van der Waals surface area contributed by atoms with Gasteiger partial charge in [0.2, 0.25) is 0 Å². The van der Waals surface area contributed by atoms with Crippen molar-refractivity contribution in [3.8, 4) is 0 Å². The van der Waals surface area contributed by atoms with Gasteiger partial charge in [-0.15, -0.1) is 0 Å². The lowest BCUT2D eigenvalue weighted by Crippen LogP contribution is -2.11. The van der Waals surface area contributed by atoms with Crippen LogP contribution >= 0.6 is 0 Å². The van der Waals surface area contributed by atoms with Crippen LogP contribution in [0.1, 0.15) is 58.3 Å². The minimum absolute atomic E-state index is 0.106. The molecular weight excluding hydrogens is 236 g/mol. The van der Waals surface area contributed by atoms with Crippen LogP contribution in [0.25, 0.3) is 0 Å². The van der Waals surface area contributed by atoms with E-state index < -0.39 is 0 Å². The summed E-state index contributed by atoms with van der Waals surface area (Å²) in [6.45, 7) is 1.57. The Morgan fingerprint density at radius 2 is 1.68 bits per heavy atom. The topological polar surface area (TPSA) is 26.3 Å². The van der Waals surface area contributed by atoms with Crippen molar-refractivity contribution in [2.45, 2.75) is 58.3 Å². The molecular formula is C17H24O2. The van der Waals surface area contributed by atoms with Gasteiger partial charge >= 0.3 is 5.97 Å². The Kier molecular flexibility index (Phi) is 2.75. The molecule has 0 saturated heterocycles. The number of hydrogen-bond donors (Lipinski definition) is 0. The summed E-state index contributed by atoms with van der Waals surface area (Å²) in [5, 5.41) is 0. The Labute approximate surface area is 115 Å². The fourth-order valence-electron chi connectivity index (χ4n) is 5.43. The summed E-state index contributed by atoms with van der Waals surface area (Å²) in [5.41, 5.74) is 1.49. The van der Waals surface area contributed by atoms with Crippen LogP contribution in [0, 0.1) is 29.6 Å². The predicted octanol–water partition coefficient (Wildman–Crippen LogP) is 4.06. The molecule has 0 aromatic carbocycles. The number of allylic oxidation sites excluding steroid dienone is 2. The first-order valence-corrected chi connectivity index (χ1v) is 8.16. The molecule has 4 aliphatic carbocycles. The summed E-state index contributed by atoms with van der Waals surface area (Å²) >= 11 is 0. The highest BCUT2D eigenvalue weighted by atomic mass is 16.5. The van der Waals surface area contributed by atoms with Gasteiger partial charge in [-0.2, -0.15) is 0 Å². The summed E-state index contributed by atoms with van der Waals surface area (Å²) in [6.07, 6.45) is 10.6. The second-order valence-corrected chi connectivity index (χ2v) is 7.14. The molecule has 104 valence electrons. The van der Waals surface area contributed by atoms with E-state index in [9.17, 15) is 4.79 Å². The third-order valence-electron chi connectivity index (χ3n) is 6.10. The number of ether oxygens (including phenoxy) is 1. The first kappa shape index (κ1) is 12.0. The second-order valence-electron chi connectivity index (χ2n) is 7.14. The molecule has 4 fully saturated rings. The van der Waals surface area contributed by atoms with E-state index in [1.54, 1.807) is 6.92 Å². The van der Waals surface area contributed by atoms with Gasteiger partial charge in [-0.3, -0.25) is 4.79 Å². The van der Waals surface area contributed by atoms with Crippen LogP contribution in [-0.2, 0) is 9.53 Å². The van der Waals surface area contributed by atoms with E-state index in [1.807, 2.05) is 0 Å². The van der Waals surface area contributed by atoms with Crippen molar-refractivity contribution < 1.29 is 9.53 Å². The molecule has 2 nitrogen and oxygen atoms in total. The van der Waals surface area contributed by atoms with E-state index in [2.05, 4.69) is 0 Å². The Hall–Kier alpha value is -0.790. The molecule has 4 saturated carbocycles. The van der Waals surface area contributed by atoms with Gasteiger partial charge in [0.05, 0.1) is 0 Å². The highest BCUT2D eigenvalue weighted by Gasteiger charge is 2.66. The third-order valence-corrected chi connectivity index (χ3v) is 6.10. The predicted molar refractivity (Wildman–Crippen MR) is 73.2 cm³/mol. The number of rotatable bonds is 2. The Morgan fingerprint density at radius 3 is 2.26 bits per heavy atom. The third kappa shape index (κ3) is 1.86. The fraction of sp³-hybridized carbons (Fsp3) is 0.824. The minimum atomic E-state index is -0.106. The molecule has 4 rings (SSSR count). The summed E-state index contributed by atoms with van der Waals surface area (Å²) < 4.78 is 5.72. The van der Waals surface area contributed by atoms with Gasteiger partial charge in [-0.25, -0.2) is 0 Å². The van der Waals surface area contributed by atoms with E-state index in [0.29, 0.717) is 5.92 Å². The summed E-state index contributed by atoms with van der Waals surface area (Å²) in [4.78, 5) is 11.5. The van der Waals surface area contributed by atoms with Crippen molar-refractivity contribution in [3.05, 3.63) is 11.3 Å². The molecule has 19 heavy (non-hydrogen) atoms. The molecule has 1 unspecified atom stereocenters. The zero-order valence-corrected chi connectivity index (χ0v) is 11.9. The van der Waals surface area contributed by atoms with E-state index in [1.165, 1.54) is 56.9 Å². The van der Waals surface area contributed by atoms with Crippen molar-refractivity contribution in [1.29, 1.82) is 0 Å². The maximum atomic E-state index is 11.5. The minimum Gasteiger partial charge on any atom is -0.431 e. The molecule has 0 N–H and O–H groups in total. The van der Waals surface area contributed by atoms with Gasteiger partial charge < -0.3 is 4.74 Å². The number of hydrogen-bond acceptors (Lipinski definition) is 2. The highest BCUT2D eigenvalue weighted by molar-refractivity contribution is 5.67. The van der Waals surface area contributed by atoms with Crippen molar-refractivity contribution >= 4 is 5.97 Å². The first-order chi connectivity index (χ1) is 9.25. The van der Waals surface area contributed by atoms with Crippen LogP contribution in [0.3, 0.4) is 0 Å². The quantitative estimate of drug-likeness (QED) is 0.553. The van der Waals surface area contributed by atoms with Gasteiger partial charge in [0, 0.05) is 12.8 Å². The molecule has 0 spiro atoms. The number of carbonyl (C=O) groups excluding carboxylic acids is 1. The molecule has 0 aromatic heterocycles. The average molecular weight is 260 g/mol. The number of fused-ring (bicyclic) bond motifs is 5. The lowest BCUT2D eigenvalue weighted by molar-refractivity contribution is -0.137.